The van der Waals surface area contributed by atoms with Crippen LogP contribution in [0.2, 0.25) is 0 Å². The number of amides is 1. The highest BCUT2D eigenvalue weighted by molar-refractivity contribution is 5.94. The molecule has 104 valence electrons. The predicted molar refractivity (Wildman–Crippen MR) is 73.3 cm³/mol. The summed E-state index contributed by atoms with van der Waals surface area (Å²) in [5.41, 5.74) is 0.290. The van der Waals surface area contributed by atoms with Gasteiger partial charge in [-0.15, -0.1) is 0 Å². The van der Waals surface area contributed by atoms with Gasteiger partial charge >= 0.3 is 0 Å². The maximum atomic E-state index is 11.8. The van der Waals surface area contributed by atoms with Gasteiger partial charge in [-0.3, -0.25) is 4.79 Å². The van der Waals surface area contributed by atoms with Gasteiger partial charge in [-0.05, 0) is 30.9 Å². The summed E-state index contributed by atoms with van der Waals surface area (Å²) in [6, 6.07) is 3.91. The smallest absolute Gasteiger partial charge is 0.251 e. The van der Waals surface area contributed by atoms with Crippen LogP contribution in [0.3, 0.4) is 0 Å². The van der Waals surface area contributed by atoms with Gasteiger partial charge in [0.1, 0.15) is 11.5 Å². The van der Waals surface area contributed by atoms with Crippen LogP contribution in [-0.2, 0) is 0 Å². The van der Waals surface area contributed by atoms with Crippen molar-refractivity contribution in [2.45, 2.75) is 38.5 Å². The minimum atomic E-state index is -0.252. The van der Waals surface area contributed by atoms with Crippen molar-refractivity contribution < 1.29 is 15.0 Å². The molecule has 1 aliphatic rings. The van der Waals surface area contributed by atoms with Gasteiger partial charge in [0.2, 0.25) is 0 Å². The average molecular weight is 263 g/mol. The minimum absolute atomic E-state index is 0.101. The van der Waals surface area contributed by atoms with Gasteiger partial charge in [-0.25, -0.2) is 0 Å². The number of rotatable bonds is 5. The first-order valence-electron chi connectivity index (χ1n) is 6.96. The minimum Gasteiger partial charge on any atom is -0.508 e. The summed E-state index contributed by atoms with van der Waals surface area (Å²) in [6.45, 7) is 0.645. The number of aromatic hydroxyl groups is 2. The highest BCUT2D eigenvalue weighted by atomic mass is 16.3. The first-order chi connectivity index (χ1) is 9.15. The molecule has 2 rings (SSSR count). The molecule has 4 heteroatoms. The quantitative estimate of drug-likeness (QED) is 0.715. The van der Waals surface area contributed by atoms with Crippen molar-refractivity contribution in [3.63, 3.8) is 0 Å². The zero-order valence-corrected chi connectivity index (χ0v) is 11.1. The number of carbonyl (C=O) groups excluding carboxylic acids is 1. The second-order valence-corrected chi connectivity index (χ2v) is 5.29. The van der Waals surface area contributed by atoms with E-state index in [-0.39, 0.29) is 17.4 Å². The molecule has 1 fully saturated rings. The number of phenols is 2. The number of nitrogens with one attached hydrogen (secondary N) is 1. The molecule has 0 aromatic heterocycles. The van der Waals surface area contributed by atoms with E-state index in [4.69, 9.17) is 0 Å². The zero-order valence-electron chi connectivity index (χ0n) is 11.1. The molecule has 1 aromatic carbocycles. The lowest BCUT2D eigenvalue weighted by Gasteiger charge is -2.09. The lowest BCUT2D eigenvalue weighted by molar-refractivity contribution is 0.0951. The summed E-state index contributed by atoms with van der Waals surface area (Å²) >= 11 is 0. The summed E-state index contributed by atoms with van der Waals surface area (Å²) < 4.78 is 0. The van der Waals surface area contributed by atoms with Crippen LogP contribution in [0.25, 0.3) is 0 Å². The molecule has 4 nitrogen and oxygen atoms in total. The molecule has 0 radical (unpaired) electrons. The summed E-state index contributed by atoms with van der Waals surface area (Å²) in [7, 11) is 0. The summed E-state index contributed by atoms with van der Waals surface area (Å²) in [5, 5.41) is 21.5. The van der Waals surface area contributed by atoms with Gasteiger partial charge in [-0.1, -0.05) is 25.7 Å². The number of carbonyl (C=O) groups is 1. The standard InChI is InChI=1S/C15H21NO3/c17-13-8-12(9-14(18)10-13)15(19)16-7-3-6-11-4-1-2-5-11/h8-11,17-18H,1-7H2,(H,16,19). The Morgan fingerprint density at radius 2 is 1.79 bits per heavy atom. The molecule has 1 amide bonds. The fraction of sp³-hybridized carbons (Fsp3) is 0.533. The van der Waals surface area contributed by atoms with E-state index in [0.29, 0.717) is 12.1 Å². The number of hydrogen-bond acceptors (Lipinski definition) is 3. The van der Waals surface area contributed by atoms with Gasteiger partial charge < -0.3 is 15.5 Å². The molecule has 0 atom stereocenters. The number of benzene rings is 1. The van der Waals surface area contributed by atoms with Crippen molar-refractivity contribution in [1.29, 1.82) is 0 Å². The monoisotopic (exact) mass is 263 g/mol. The zero-order chi connectivity index (χ0) is 13.7. The van der Waals surface area contributed by atoms with Crippen molar-refractivity contribution in [2.75, 3.05) is 6.54 Å². The van der Waals surface area contributed by atoms with Crippen molar-refractivity contribution in [1.82, 2.24) is 5.32 Å². The van der Waals surface area contributed by atoms with E-state index >= 15 is 0 Å². The van der Waals surface area contributed by atoms with Crippen LogP contribution >= 0.6 is 0 Å². The Morgan fingerprint density at radius 3 is 2.42 bits per heavy atom. The van der Waals surface area contributed by atoms with E-state index < -0.39 is 0 Å². The summed E-state index contributed by atoms with van der Waals surface area (Å²) in [5.74, 6) is 0.381. The lowest BCUT2D eigenvalue weighted by atomic mass is 10.0. The maximum absolute atomic E-state index is 11.8. The van der Waals surface area contributed by atoms with Crippen molar-refractivity contribution in [2.24, 2.45) is 5.92 Å². The number of phenolic OH excluding ortho intramolecular Hbond substituents is 2. The van der Waals surface area contributed by atoms with Crippen LogP contribution in [0.1, 0.15) is 48.9 Å². The first-order valence-corrected chi connectivity index (χ1v) is 6.96. The van der Waals surface area contributed by atoms with Crippen LogP contribution in [0.5, 0.6) is 11.5 Å². The van der Waals surface area contributed by atoms with Crippen molar-refractivity contribution in [3.8, 4) is 11.5 Å². The predicted octanol–water partition coefficient (Wildman–Crippen LogP) is 2.80. The molecule has 19 heavy (non-hydrogen) atoms. The fourth-order valence-electron chi connectivity index (χ4n) is 2.72. The molecular formula is C15H21NO3. The highest BCUT2D eigenvalue weighted by Gasteiger charge is 2.14. The lowest BCUT2D eigenvalue weighted by Crippen LogP contribution is -2.24. The van der Waals surface area contributed by atoms with Crippen molar-refractivity contribution in [3.05, 3.63) is 23.8 Å². The van der Waals surface area contributed by atoms with Gasteiger partial charge in [0.05, 0.1) is 0 Å². The Kier molecular flexibility index (Phi) is 4.66. The Morgan fingerprint density at radius 1 is 1.16 bits per heavy atom. The van der Waals surface area contributed by atoms with E-state index in [1.165, 1.54) is 50.3 Å². The van der Waals surface area contributed by atoms with Crippen LogP contribution in [0.4, 0.5) is 0 Å². The van der Waals surface area contributed by atoms with Crippen LogP contribution in [0, 0.1) is 5.92 Å². The first kappa shape index (κ1) is 13.7. The summed E-state index contributed by atoms with van der Waals surface area (Å²) in [4.78, 5) is 11.8. The van der Waals surface area contributed by atoms with E-state index in [2.05, 4.69) is 5.32 Å². The highest BCUT2D eigenvalue weighted by Crippen LogP contribution is 2.28. The van der Waals surface area contributed by atoms with Crippen molar-refractivity contribution >= 4 is 5.91 Å². The largest absolute Gasteiger partial charge is 0.508 e. The molecule has 1 aliphatic carbocycles. The van der Waals surface area contributed by atoms with Gasteiger partial charge in [0, 0.05) is 18.2 Å². The number of hydrogen-bond donors (Lipinski definition) is 3. The third-order valence-corrected chi connectivity index (χ3v) is 3.71. The SMILES string of the molecule is O=C(NCCCC1CCCC1)c1cc(O)cc(O)c1. The molecular weight excluding hydrogens is 242 g/mol. The third-order valence-electron chi connectivity index (χ3n) is 3.71. The maximum Gasteiger partial charge on any atom is 0.251 e. The van der Waals surface area contributed by atoms with Gasteiger partial charge in [0.15, 0.2) is 0 Å². The molecule has 0 heterocycles. The average Bonchev–Trinajstić information content (AvgIpc) is 2.86. The molecule has 1 saturated carbocycles. The molecule has 3 N–H and O–H groups in total. The van der Waals surface area contributed by atoms with Crippen LogP contribution < -0.4 is 5.32 Å². The van der Waals surface area contributed by atoms with E-state index in [9.17, 15) is 15.0 Å². The molecule has 0 unspecified atom stereocenters. The molecule has 0 spiro atoms. The molecule has 0 bridgehead atoms. The fourth-order valence-corrected chi connectivity index (χ4v) is 2.72. The Bertz CT molecular complexity index is 419. The second-order valence-electron chi connectivity index (χ2n) is 5.29. The van der Waals surface area contributed by atoms with Gasteiger partial charge in [-0.2, -0.15) is 0 Å². The second kappa shape index (κ2) is 6.45. The van der Waals surface area contributed by atoms with E-state index in [1.807, 2.05) is 0 Å². The normalized spacial score (nSPS) is 15.6. The van der Waals surface area contributed by atoms with Crippen LogP contribution in [0.15, 0.2) is 18.2 Å². The van der Waals surface area contributed by atoms with E-state index in [0.717, 1.165) is 12.3 Å². The Balaban J connectivity index is 1.74. The Labute approximate surface area is 113 Å². The molecule has 0 aliphatic heterocycles. The third kappa shape index (κ3) is 4.16. The molecule has 0 saturated heterocycles. The summed E-state index contributed by atoms with van der Waals surface area (Å²) in [6.07, 6.45) is 7.51. The topological polar surface area (TPSA) is 69.6 Å². The Hall–Kier alpha value is -1.71. The van der Waals surface area contributed by atoms with Gasteiger partial charge in [0.25, 0.3) is 5.91 Å². The van der Waals surface area contributed by atoms with Crippen LogP contribution in [-0.4, -0.2) is 22.7 Å². The van der Waals surface area contributed by atoms with E-state index in [1.54, 1.807) is 0 Å². The molecule has 1 aromatic rings.